The van der Waals surface area contributed by atoms with Crippen molar-refractivity contribution < 1.29 is 5.11 Å². The molecule has 1 aromatic rings. The molecule has 74 valence electrons. The first-order chi connectivity index (χ1) is 6.74. The minimum absolute atomic E-state index is 0.0760. The quantitative estimate of drug-likeness (QED) is 0.577. The predicted molar refractivity (Wildman–Crippen MR) is 58.5 cm³/mol. The zero-order chi connectivity index (χ0) is 10.4. The standard InChI is InChI=1S/C11H12ClNO/c1-13-7-3-2-4-9-5-6-10(12)11(14)8-9/h5-6,8,13-14H,3,7H2,1H3. The SMILES string of the molecule is CNCCC#Cc1ccc(Cl)c(O)c1. The van der Waals surface area contributed by atoms with Gasteiger partial charge in [-0.1, -0.05) is 23.4 Å². The fourth-order valence-electron chi connectivity index (χ4n) is 0.942. The summed E-state index contributed by atoms with van der Waals surface area (Å²) < 4.78 is 0. The summed E-state index contributed by atoms with van der Waals surface area (Å²) in [5, 5.41) is 12.6. The van der Waals surface area contributed by atoms with Gasteiger partial charge in [-0.3, -0.25) is 0 Å². The lowest BCUT2D eigenvalue weighted by Crippen LogP contribution is -2.05. The molecule has 14 heavy (non-hydrogen) atoms. The third kappa shape index (κ3) is 3.29. The molecule has 0 aliphatic rings. The van der Waals surface area contributed by atoms with E-state index < -0.39 is 0 Å². The van der Waals surface area contributed by atoms with E-state index in [1.807, 2.05) is 7.05 Å². The first kappa shape index (κ1) is 10.9. The molecule has 0 bridgehead atoms. The molecule has 0 fully saturated rings. The van der Waals surface area contributed by atoms with E-state index in [1.165, 1.54) is 0 Å². The van der Waals surface area contributed by atoms with Gasteiger partial charge in [-0.25, -0.2) is 0 Å². The first-order valence-corrected chi connectivity index (χ1v) is 4.74. The van der Waals surface area contributed by atoms with Crippen molar-refractivity contribution in [1.29, 1.82) is 0 Å². The molecule has 0 unspecified atom stereocenters. The molecule has 0 amide bonds. The number of benzene rings is 1. The molecule has 0 aliphatic carbocycles. The van der Waals surface area contributed by atoms with Gasteiger partial charge >= 0.3 is 0 Å². The highest BCUT2D eigenvalue weighted by molar-refractivity contribution is 6.32. The molecule has 1 rings (SSSR count). The van der Waals surface area contributed by atoms with Crippen LogP contribution in [0.25, 0.3) is 0 Å². The van der Waals surface area contributed by atoms with E-state index in [2.05, 4.69) is 17.2 Å². The zero-order valence-corrected chi connectivity index (χ0v) is 8.73. The highest BCUT2D eigenvalue weighted by Gasteiger charge is 1.96. The van der Waals surface area contributed by atoms with Crippen LogP contribution in [0.5, 0.6) is 5.75 Å². The van der Waals surface area contributed by atoms with E-state index in [0.29, 0.717) is 5.02 Å². The second-order valence-corrected chi connectivity index (χ2v) is 3.23. The van der Waals surface area contributed by atoms with Crippen LogP contribution < -0.4 is 5.32 Å². The van der Waals surface area contributed by atoms with Crippen LogP contribution in [0, 0.1) is 11.8 Å². The summed E-state index contributed by atoms with van der Waals surface area (Å²) in [5.41, 5.74) is 0.781. The molecule has 0 saturated heterocycles. The van der Waals surface area contributed by atoms with E-state index in [0.717, 1.165) is 18.5 Å². The fourth-order valence-corrected chi connectivity index (χ4v) is 1.06. The zero-order valence-electron chi connectivity index (χ0n) is 7.97. The number of aromatic hydroxyl groups is 1. The van der Waals surface area contributed by atoms with Gasteiger partial charge in [0.05, 0.1) is 5.02 Å². The van der Waals surface area contributed by atoms with Gasteiger partial charge in [0.25, 0.3) is 0 Å². The minimum Gasteiger partial charge on any atom is -0.506 e. The minimum atomic E-state index is 0.0760. The number of nitrogens with one attached hydrogen (secondary N) is 1. The van der Waals surface area contributed by atoms with E-state index in [1.54, 1.807) is 18.2 Å². The Bertz CT molecular complexity index is 365. The molecule has 2 N–H and O–H groups in total. The topological polar surface area (TPSA) is 32.3 Å². The summed E-state index contributed by atoms with van der Waals surface area (Å²) in [6.07, 6.45) is 0.792. The van der Waals surface area contributed by atoms with Gasteiger partial charge in [0.1, 0.15) is 5.75 Å². The first-order valence-electron chi connectivity index (χ1n) is 4.36. The summed E-state index contributed by atoms with van der Waals surface area (Å²) in [7, 11) is 1.88. The second-order valence-electron chi connectivity index (χ2n) is 2.82. The van der Waals surface area contributed by atoms with Crippen molar-refractivity contribution in [3.05, 3.63) is 28.8 Å². The molecule has 1 aromatic carbocycles. The monoisotopic (exact) mass is 209 g/mol. The van der Waals surface area contributed by atoms with Crippen LogP contribution in [0.15, 0.2) is 18.2 Å². The number of halogens is 1. The molecule has 2 nitrogen and oxygen atoms in total. The Labute approximate surface area is 88.9 Å². The molecular formula is C11H12ClNO. The smallest absolute Gasteiger partial charge is 0.135 e. The maximum atomic E-state index is 9.29. The predicted octanol–water partition coefficient (Wildman–Crippen LogP) is 2.01. The second kappa shape index (κ2) is 5.54. The Kier molecular flexibility index (Phi) is 4.31. The van der Waals surface area contributed by atoms with Crippen molar-refractivity contribution >= 4 is 11.6 Å². The van der Waals surface area contributed by atoms with Crippen LogP contribution in [0.1, 0.15) is 12.0 Å². The molecule has 0 atom stereocenters. The lowest BCUT2D eigenvalue weighted by Gasteiger charge is -1.95. The van der Waals surface area contributed by atoms with Crippen LogP contribution >= 0.6 is 11.6 Å². The van der Waals surface area contributed by atoms with Crippen molar-refractivity contribution in [1.82, 2.24) is 5.32 Å². The summed E-state index contributed by atoms with van der Waals surface area (Å²) in [5.74, 6) is 6.00. The molecular weight excluding hydrogens is 198 g/mol. The van der Waals surface area contributed by atoms with Gasteiger partial charge in [0.2, 0.25) is 0 Å². The van der Waals surface area contributed by atoms with Gasteiger partial charge in [0, 0.05) is 18.5 Å². The maximum Gasteiger partial charge on any atom is 0.135 e. The maximum absolute atomic E-state index is 9.29. The van der Waals surface area contributed by atoms with Crippen LogP contribution in [-0.2, 0) is 0 Å². The van der Waals surface area contributed by atoms with Crippen LogP contribution in [0.2, 0.25) is 5.02 Å². The average Bonchev–Trinajstić information content (AvgIpc) is 2.18. The third-order valence-electron chi connectivity index (χ3n) is 1.68. The van der Waals surface area contributed by atoms with E-state index in [4.69, 9.17) is 11.6 Å². The Morgan fingerprint density at radius 2 is 2.29 bits per heavy atom. The number of phenols is 1. The van der Waals surface area contributed by atoms with Crippen molar-refractivity contribution in [2.24, 2.45) is 0 Å². The van der Waals surface area contributed by atoms with Crippen LogP contribution in [-0.4, -0.2) is 18.7 Å². The van der Waals surface area contributed by atoms with Gasteiger partial charge in [0.15, 0.2) is 0 Å². The Morgan fingerprint density at radius 1 is 1.50 bits per heavy atom. The van der Waals surface area contributed by atoms with Gasteiger partial charge in [-0.15, -0.1) is 0 Å². The Hall–Kier alpha value is -1.17. The van der Waals surface area contributed by atoms with Crippen molar-refractivity contribution in [3.8, 4) is 17.6 Å². The molecule has 3 heteroatoms. The highest BCUT2D eigenvalue weighted by Crippen LogP contribution is 2.22. The van der Waals surface area contributed by atoms with Gasteiger partial charge < -0.3 is 10.4 Å². The van der Waals surface area contributed by atoms with Crippen molar-refractivity contribution in [2.75, 3.05) is 13.6 Å². The summed E-state index contributed by atoms with van der Waals surface area (Å²) in [6.45, 7) is 0.868. The summed E-state index contributed by atoms with van der Waals surface area (Å²) in [4.78, 5) is 0. The van der Waals surface area contributed by atoms with Crippen molar-refractivity contribution in [2.45, 2.75) is 6.42 Å². The highest BCUT2D eigenvalue weighted by atomic mass is 35.5. The third-order valence-corrected chi connectivity index (χ3v) is 2.00. The fraction of sp³-hybridized carbons (Fsp3) is 0.273. The van der Waals surface area contributed by atoms with E-state index in [9.17, 15) is 5.11 Å². The van der Waals surface area contributed by atoms with Crippen LogP contribution in [0.4, 0.5) is 0 Å². The molecule has 0 saturated carbocycles. The lowest BCUT2D eigenvalue weighted by atomic mass is 10.2. The van der Waals surface area contributed by atoms with E-state index >= 15 is 0 Å². The summed E-state index contributed by atoms with van der Waals surface area (Å²) in [6, 6.07) is 4.99. The van der Waals surface area contributed by atoms with Crippen LogP contribution in [0.3, 0.4) is 0 Å². The van der Waals surface area contributed by atoms with Gasteiger partial charge in [-0.2, -0.15) is 0 Å². The lowest BCUT2D eigenvalue weighted by molar-refractivity contribution is 0.475. The number of hydrogen-bond acceptors (Lipinski definition) is 2. The van der Waals surface area contributed by atoms with Gasteiger partial charge in [-0.05, 0) is 25.2 Å². The number of hydrogen-bond donors (Lipinski definition) is 2. The number of rotatable bonds is 2. The molecule has 0 spiro atoms. The molecule has 0 aliphatic heterocycles. The normalized spacial score (nSPS) is 9.29. The summed E-state index contributed by atoms with van der Waals surface area (Å²) >= 11 is 5.66. The number of phenolic OH excluding ortho intramolecular Hbond substituents is 1. The molecule has 0 aromatic heterocycles. The molecule has 0 radical (unpaired) electrons. The largest absolute Gasteiger partial charge is 0.506 e. The average molecular weight is 210 g/mol. The molecule has 0 heterocycles. The Morgan fingerprint density at radius 3 is 2.93 bits per heavy atom. The van der Waals surface area contributed by atoms with E-state index in [-0.39, 0.29) is 5.75 Å². The van der Waals surface area contributed by atoms with Crippen molar-refractivity contribution in [3.63, 3.8) is 0 Å². The Balaban J connectivity index is 2.66.